The summed E-state index contributed by atoms with van der Waals surface area (Å²) in [5.41, 5.74) is 0.0184. The predicted octanol–water partition coefficient (Wildman–Crippen LogP) is 1.71. The first kappa shape index (κ1) is 13.8. The van der Waals surface area contributed by atoms with Crippen molar-refractivity contribution >= 4 is 18.3 Å². The van der Waals surface area contributed by atoms with Gasteiger partial charge in [-0.2, -0.15) is 0 Å². The van der Waals surface area contributed by atoms with Gasteiger partial charge in [-0.1, -0.05) is 13.8 Å². The van der Waals surface area contributed by atoms with Crippen LogP contribution in [-0.4, -0.2) is 25.0 Å². The lowest BCUT2D eigenvalue weighted by Crippen LogP contribution is -2.50. The van der Waals surface area contributed by atoms with E-state index in [2.05, 4.69) is 24.5 Å². The molecular weight excluding hydrogens is 224 g/mol. The highest BCUT2D eigenvalue weighted by molar-refractivity contribution is 5.85. The molecule has 4 heteroatoms. The van der Waals surface area contributed by atoms with Crippen LogP contribution in [0.4, 0.5) is 0 Å². The van der Waals surface area contributed by atoms with Gasteiger partial charge in [-0.15, -0.1) is 12.4 Å². The maximum Gasteiger partial charge on any atom is 0.226 e. The zero-order chi connectivity index (χ0) is 10.9. The third-order valence-corrected chi connectivity index (χ3v) is 4.11. The Kier molecular flexibility index (Phi) is 4.62. The van der Waals surface area contributed by atoms with Crippen LogP contribution in [0.2, 0.25) is 0 Å². The number of hydrogen-bond donors (Lipinski definition) is 2. The molecule has 94 valence electrons. The molecule has 3 nitrogen and oxygen atoms in total. The Labute approximate surface area is 104 Å². The first-order chi connectivity index (χ1) is 7.18. The molecule has 2 atom stereocenters. The fraction of sp³-hybridized carbons (Fsp3) is 0.917. The Morgan fingerprint density at radius 3 is 2.69 bits per heavy atom. The quantitative estimate of drug-likeness (QED) is 0.796. The summed E-state index contributed by atoms with van der Waals surface area (Å²) in [6, 6.07) is 0.391. The molecule has 2 fully saturated rings. The lowest BCUT2D eigenvalue weighted by atomic mass is 9.93. The third-order valence-electron chi connectivity index (χ3n) is 4.11. The molecule has 0 spiro atoms. The van der Waals surface area contributed by atoms with Gasteiger partial charge in [0.05, 0.1) is 0 Å². The molecule has 1 heterocycles. The summed E-state index contributed by atoms with van der Waals surface area (Å²) in [6.07, 6.45) is 4.26. The third kappa shape index (κ3) is 2.69. The van der Waals surface area contributed by atoms with Crippen LogP contribution in [0.15, 0.2) is 0 Å². The zero-order valence-corrected chi connectivity index (χ0v) is 11.0. The van der Waals surface area contributed by atoms with Crippen molar-refractivity contribution in [1.29, 1.82) is 0 Å². The fourth-order valence-corrected chi connectivity index (χ4v) is 2.44. The number of halogens is 1. The second-order valence-electron chi connectivity index (χ2n) is 5.18. The summed E-state index contributed by atoms with van der Waals surface area (Å²) >= 11 is 0. The molecule has 0 aromatic rings. The Hall–Kier alpha value is -0.280. The van der Waals surface area contributed by atoms with Gasteiger partial charge in [0, 0.05) is 11.5 Å². The van der Waals surface area contributed by atoms with Crippen LogP contribution < -0.4 is 10.6 Å². The van der Waals surface area contributed by atoms with Crippen LogP contribution in [0.5, 0.6) is 0 Å². The summed E-state index contributed by atoms with van der Waals surface area (Å²) in [4.78, 5) is 12.0. The highest BCUT2D eigenvalue weighted by atomic mass is 35.5. The van der Waals surface area contributed by atoms with Crippen LogP contribution >= 0.6 is 12.4 Å². The molecule has 1 aliphatic carbocycles. The van der Waals surface area contributed by atoms with Gasteiger partial charge in [0.15, 0.2) is 0 Å². The molecule has 2 aliphatic rings. The van der Waals surface area contributed by atoms with E-state index < -0.39 is 0 Å². The van der Waals surface area contributed by atoms with Crippen LogP contribution in [0.3, 0.4) is 0 Å². The SMILES string of the molecule is CCC1(C(=O)NC2CCNCC2C)CC1.Cl. The molecule has 2 rings (SSSR count). The highest BCUT2D eigenvalue weighted by Gasteiger charge is 2.48. The van der Waals surface area contributed by atoms with Gasteiger partial charge >= 0.3 is 0 Å². The highest BCUT2D eigenvalue weighted by Crippen LogP contribution is 2.48. The predicted molar refractivity (Wildman–Crippen MR) is 67.8 cm³/mol. The van der Waals surface area contributed by atoms with E-state index in [1.54, 1.807) is 0 Å². The number of carbonyl (C=O) groups excluding carboxylic acids is 1. The average molecular weight is 247 g/mol. The molecule has 1 amide bonds. The van der Waals surface area contributed by atoms with Crippen molar-refractivity contribution in [1.82, 2.24) is 10.6 Å². The molecule has 0 radical (unpaired) electrons. The monoisotopic (exact) mass is 246 g/mol. The first-order valence-electron chi connectivity index (χ1n) is 6.19. The van der Waals surface area contributed by atoms with Gasteiger partial charge in [0.25, 0.3) is 0 Å². The Balaban J connectivity index is 0.00000128. The zero-order valence-electron chi connectivity index (χ0n) is 10.2. The molecule has 0 aromatic heterocycles. The van der Waals surface area contributed by atoms with Crippen molar-refractivity contribution in [2.75, 3.05) is 13.1 Å². The van der Waals surface area contributed by atoms with E-state index in [1.807, 2.05) is 0 Å². The minimum absolute atomic E-state index is 0. The summed E-state index contributed by atoms with van der Waals surface area (Å²) in [6.45, 7) is 6.40. The largest absolute Gasteiger partial charge is 0.353 e. The first-order valence-corrected chi connectivity index (χ1v) is 6.19. The van der Waals surface area contributed by atoms with Crippen LogP contribution in [-0.2, 0) is 4.79 Å². The second-order valence-corrected chi connectivity index (χ2v) is 5.18. The average Bonchev–Trinajstić information content (AvgIpc) is 3.02. The fourth-order valence-electron chi connectivity index (χ4n) is 2.44. The van der Waals surface area contributed by atoms with Gasteiger partial charge < -0.3 is 10.6 Å². The number of amides is 1. The standard InChI is InChI=1S/C12H22N2O.ClH/c1-3-12(5-6-12)11(15)14-10-4-7-13-8-9(10)2;/h9-10,13H,3-8H2,1-2H3,(H,14,15);1H. The molecule has 2 N–H and O–H groups in total. The van der Waals surface area contributed by atoms with Gasteiger partial charge in [-0.25, -0.2) is 0 Å². The van der Waals surface area contributed by atoms with Crippen molar-refractivity contribution in [3.63, 3.8) is 0 Å². The number of carbonyl (C=O) groups is 1. The Morgan fingerprint density at radius 1 is 1.50 bits per heavy atom. The maximum absolute atomic E-state index is 12.0. The molecule has 2 unspecified atom stereocenters. The van der Waals surface area contributed by atoms with E-state index in [0.29, 0.717) is 17.9 Å². The Bertz CT molecular complexity index is 253. The van der Waals surface area contributed by atoms with Crippen molar-refractivity contribution in [3.8, 4) is 0 Å². The van der Waals surface area contributed by atoms with E-state index in [1.165, 1.54) is 0 Å². The normalized spacial score (nSPS) is 31.4. The van der Waals surface area contributed by atoms with Crippen LogP contribution in [0.1, 0.15) is 39.5 Å². The minimum atomic E-state index is 0. The van der Waals surface area contributed by atoms with Gasteiger partial charge in [-0.05, 0) is 44.7 Å². The van der Waals surface area contributed by atoms with E-state index >= 15 is 0 Å². The topological polar surface area (TPSA) is 41.1 Å². The summed E-state index contributed by atoms with van der Waals surface area (Å²) in [5.74, 6) is 0.874. The molecular formula is C12H23ClN2O. The molecule has 0 aromatic carbocycles. The minimum Gasteiger partial charge on any atom is -0.353 e. The number of rotatable bonds is 3. The van der Waals surface area contributed by atoms with Crippen molar-refractivity contribution < 1.29 is 4.79 Å². The molecule has 0 bridgehead atoms. The van der Waals surface area contributed by atoms with Gasteiger partial charge in [0.2, 0.25) is 5.91 Å². The van der Waals surface area contributed by atoms with Crippen molar-refractivity contribution in [2.24, 2.45) is 11.3 Å². The molecule has 1 saturated carbocycles. The van der Waals surface area contributed by atoms with Crippen LogP contribution in [0.25, 0.3) is 0 Å². The number of piperidine rings is 1. The summed E-state index contributed by atoms with van der Waals surface area (Å²) < 4.78 is 0. The summed E-state index contributed by atoms with van der Waals surface area (Å²) in [7, 11) is 0. The molecule has 1 aliphatic heterocycles. The van der Waals surface area contributed by atoms with Crippen molar-refractivity contribution in [3.05, 3.63) is 0 Å². The smallest absolute Gasteiger partial charge is 0.226 e. The lowest BCUT2D eigenvalue weighted by Gasteiger charge is -2.31. The number of hydrogen-bond acceptors (Lipinski definition) is 2. The van der Waals surface area contributed by atoms with E-state index in [9.17, 15) is 4.79 Å². The van der Waals surface area contributed by atoms with Gasteiger partial charge in [0.1, 0.15) is 0 Å². The Morgan fingerprint density at radius 2 is 2.19 bits per heavy atom. The lowest BCUT2D eigenvalue weighted by molar-refractivity contribution is -0.127. The summed E-state index contributed by atoms with van der Waals surface area (Å²) in [5, 5.41) is 6.60. The van der Waals surface area contributed by atoms with Crippen molar-refractivity contribution in [2.45, 2.75) is 45.6 Å². The maximum atomic E-state index is 12.0. The van der Waals surface area contributed by atoms with E-state index in [4.69, 9.17) is 0 Å². The van der Waals surface area contributed by atoms with E-state index in [0.717, 1.165) is 38.8 Å². The molecule has 16 heavy (non-hydrogen) atoms. The van der Waals surface area contributed by atoms with Crippen LogP contribution in [0, 0.1) is 11.3 Å². The van der Waals surface area contributed by atoms with Gasteiger partial charge in [-0.3, -0.25) is 4.79 Å². The van der Waals surface area contributed by atoms with E-state index in [-0.39, 0.29) is 17.8 Å². The molecule has 1 saturated heterocycles. The number of nitrogens with one attached hydrogen (secondary N) is 2. The second kappa shape index (κ2) is 5.37.